The first kappa shape index (κ1) is 18.4. The van der Waals surface area contributed by atoms with Crippen molar-refractivity contribution in [3.05, 3.63) is 12.3 Å². The van der Waals surface area contributed by atoms with Crippen molar-refractivity contribution < 1.29 is 24.8 Å². The van der Waals surface area contributed by atoms with E-state index in [2.05, 4.69) is 6.92 Å². The van der Waals surface area contributed by atoms with Gasteiger partial charge in [-0.3, -0.25) is 0 Å². The van der Waals surface area contributed by atoms with Crippen LogP contribution in [0.3, 0.4) is 0 Å². The molecule has 0 spiro atoms. The van der Waals surface area contributed by atoms with Crippen LogP contribution in [0.15, 0.2) is 12.3 Å². The largest absolute Gasteiger partial charge is 0.493 e. The summed E-state index contributed by atoms with van der Waals surface area (Å²) >= 11 is 0. The molecule has 5 nitrogen and oxygen atoms in total. The molecule has 1 saturated heterocycles. The lowest BCUT2D eigenvalue weighted by atomic mass is 10.0. The Morgan fingerprint density at radius 1 is 1.14 bits per heavy atom. The molecule has 1 aliphatic rings. The minimum absolute atomic E-state index is 0.0216. The second kappa shape index (κ2) is 11.0. The summed E-state index contributed by atoms with van der Waals surface area (Å²) in [5, 5.41) is 28.6. The highest BCUT2D eigenvalue weighted by Gasteiger charge is 2.39. The Labute approximate surface area is 127 Å². The Bertz CT molecular complexity index is 280. The second-order valence-corrected chi connectivity index (χ2v) is 5.64. The number of hydrogen-bond donors (Lipinski definition) is 3. The second-order valence-electron chi connectivity index (χ2n) is 5.64. The lowest BCUT2D eigenvalue weighted by Gasteiger charge is -2.36. The van der Waals surface area contributed by atoms with Gasteiger partial charge in [-0.25, -0.2) is 0 Å². The van der Waals surface area contributed by atoms with Gasteiger partial charge in [0.25, 0.3) is 0 Å². The van der Waals surface area contributed by atoms with Crippen LogP contribution in [0.5, 0.6) is 0 Å². The van der Waals surface area contributed by atoms with Gasteiger partial charge in [-0.1, -0.05) is 39.0 Å². The summed E-state index contributed by atoms with van der Waals surface area (Å²) in [5.41, 5.74) is 0. The van der Waals surface area contributed by atoms with Crippen molar-refractivity contribution in [3.63, 3.8) is 0 Å². The molecule has 0 aromatic carbocycles. The van der Waals surface area contributed by atoms with E-state index in [1.165, 1.54) is 32.1 Å². The maximum atomic E-state index is 9.86. The summed E-state index contributed by atoms with van der Waals surface area (Å²) in [7, 11) is 0. The molecule has 1 rings (SSSR count). The zero-order chi connectivity index (χ0) is 15.5. The number of allylic oxidation sites excluding steroid dienone is 1. The van der Waals surface area contributed by atoms with Gasteiger partial charge in [-0.05, 0) is 18.9 Å². The minimum atomic E-state index is -1.03. The molecule has 0 radical (unpaired) electrons. The monoisotopic (exact) mass is 302 g/mol. The third kappa shape index (κ3) is 6.78. The van der Waals surface area contributed by atoms with E-state index in [9.17, 15) is 15.3 Å². The fraction of sp³-hybridized carbons (Fsp3) is 0.875. The van der Waals surface area contributed by atoms with E-state index in [0.29, 0.717) is 0 Å². The lowest BCUT2D eigenvalue weighted by Crippen LogP contribution is -2.54. The van der Waals surface area contributed by atoms with E-state index >= 15 is 0 Å². The molecular weight excluding hydrogens is 272 g/mol. The fourth-order valence-corrected chi connectivity index (χ4v) is 2.44. The van der Waals surface area contributed by atoms with Crippen molar-refractivity contribution in [1.82, 2.24) is 0 Å². The van der Waals surface area contributed by atoms with Gasteiger partial charge in [0, 0.05) is 0 Å². The molecule has 1 fully saturated rings. The fourth-order valence-electron chi connectivity index (χ4n) is 2.44. The van der Waals surface area contributed by atoms with Crippen molar-refractivity contribution in [3.8, 4) is 0 Å². The molecule has 0 saturated carbocycles. The van der Waals surface area contributed by atoms with Gasteiger partial charge in [0.1, 0.15) is 18.3 Å². The molecule has 5 heteroatoms. The van der Waals surface area contributed by atoms with Crippen molar-refractivity contribution >= 4 is 0 Å². The third-order valence-corrected chi connectivity index (χ3v) is 3.81. The van der Waals surface area contributed by atoms with Crippen LogP contribution in [0.25, 0.3) is 0 Å². The number of hydrogen-bond acceptors (Lipinski definition) is 5. The average Bonchev–Trinajstić information content (AvgIpc) is 2.49. The smallest absolute Gasteiger partial charge is 0.154 e. The number of aliphatic hydroxyl groups excluding tert-OH is 3. The molecule has 0 aromatic rings. The summed E-state index contributed by atoms with van der Waals surface area (Å²) in [4.78, 5) is 0. The molecule has 4 atom stereocenters. The molecule has 1 aliphatic heterocycles. The zero-order valence-corrected chi connectivity index (χ0v) is 13.0. The normalized spacial score (nSPS) is 29.9. The minimum Gasteiger partial charge on any atom is -0.493 e. The van der Waals surface area contributed by atoms with Crippen LogP contribution in [0, 0.1) is 0 Å². The van der Waals surface area contributed by atoms with Crippen LogP contribution in [-0.2, 0) is 9.47 Å². The van der Waals surface area contributed by atoms with E-state index in [0.717, 1.165) is 12.8 Å². The Morgan fingerprint density at radius 3 is 2.57 bits per heavy atom. The molecule has 1 heterocycles. The number of ether oxygens (including phenoxy) is 2. The predicted octanol–water partition coefficient (Wildman–Crippen LogP) is 1.75. The first-order valence-corrected chi connectivity index (χ1v) is 8.09. The van der Waals surface area contributed by atoms with Crippen molar-refractivity contribution in [1.29, 1.82) is 0 Å². The quantitative estimate of drug-likeness (QED) is 0.423. The Hall–Kier alpha value is -0.620. The number of aliphatic hydroxyl groups is 3. The van der Waals surface area contributed by atoms with Crippen LogP contribution in [0.2, 0.25) is 0 Å². The van der Waals surface area contributed by atoms with Crippen molar-refractivity contribution in [2.75, 3.05) is 13.2 Å². The van der Waals surface area contributed by atoms with E-state index in [1.807, 2.05) is 6.08 Å². The van der Waals surface area contributed by atoms with Crippen LogP contribution in [0.4, 0.5) is 0 Å². The zero-order valence-electron chi connectivity index (χ0n) is 13.0. The standard InChI is InChI=1S/C16H30O5/c1-2-3-4-5-6-7-8-9-10-20-16-14(11-17)21-12-13(18)15(16)19/h9-10,13-19H,2-8,11-12H2,1H3/b10-9+/t13-,14+,15+,16+/m0/s1. The van der Waals surface area contributed by atoms with Gasteiger partial charge >= 0.3 is 0 Å². The van der Waals surface area contributed by atoms with Gasteiger partial charge < -0.3 is 24.8 Å². The number of unbranched alkanes of at least 4 members (excludes halogenated alkanes) is 6. The van der Waals surface area contributed by atoms with Gasteiger partial charge in [0.15, 0.2) is 6.10 Å². The van der Waals surface area contributed by atoms with Crippen LogP contribution in [-0.4, -0.2) is 52.9 Å². The molecule has 3 N–H and O–H groups in total. The topological polar surface area (TPSA) is 79.2 Å². The van der Waals surface area contributed by atoms with Gasteiger partial charge in [0.05, 0.1) is 19.5 Å². The molecular formula is C16H30O5. The molecule has 0 bridgehead atoms. The predicted molar refractivity (Wildman–Crippen MR) is 80.8 cm³/mol. The third-order valence-electron chi connectivity index (χ3n) is 3.81. The molecule has 0 amide bonds. The first-order chi connectivity index (χ1) is 10.2. The van der Waals surface area contributed by atoms with E-state index < -0.39 is 24.4 Å². The van der Waals surface area contributed by atoms with E-state index in [4.69, 9.17) is 9.47 Å². The average molecular weight is 302 g/mol. The number of rotatable bonds is 10. The first-order valence-electron chi connectivity index (χ1n) is 8.09. The summed E-state index contributed by atoms with van der Waals surface area (Å²) in [6.45, 7) is 1.99. The van der Waals surface area contributed by atoms with Crippen molar-refractivity contribution in [2.24, 2.45) is 0 Å². The summed E-state index contributed by atoms with van der Waals surface area (Å²) < 4.78 is 10.7. The van der Waals surface area contributed by atoms with E-state index in [-0.39, 0.29) is 13.2 Å². The maximum Gasteiger partial charge on any atom is 0.154 e. The lowest BCUT2D eigenvalue weighted by molar-refractivity contribution is -0.197. The summed E-state index contributed by atoms with van der Waals surface area (Å²) in [5.74, 6) is 0. The Morgan fingerprint density at radius 2 is 1.86 bits per heavy atom. The Balaban J connectivity index is 2.18. The highest BCUT2D eigenvalue weighted by Crippen LogP contribution is 2.19. The van der Waals surface area contributed by atoms with Gasteiger partial charge in [-0.15, -0.1) is 0 Å². The summed E-state index contributed by atoms with van der Waals surface area (Å²) in [6.07, 6.45) is 8.57. The maximum absolute atomic E-state index is 9.86. The molecule has 0 aromatic heterocycles. The SMILES string of the molecule is CCCCCCCC/C=C/O[C@H]1[C@H](O)[C@@H](O)CO[C@@H]1CO. The van der Waals surface area contributed by atoms with Gasteiger partial charge in [0.2, 0.25) is 0 Å². The highest BCUT2D eigenvalue weighted by atomic mass is 16.6. The van der Waals surface area contributed by atoms with Crippen LogP contribution >= 0.6 is 0 Å². The van der Waals surface area contributed by atoms with Crippen LogP contribution < -0.4 is 0 Å². The van der Waals surface area contributed by atoms with Crippen molar-refractivity contribution in [2.45, 2.75) is 76.3 Å². The molecule has 0 unspecified atom stereocenters. The highest BCUT2D eigenvalue weighted by molar-refractivity contribution is 4.89. The van der Waals surface area contributed by atoms with Gasteiger partial charge in [-0.2, -0.15) is 0 Å². The Kier molecular flexibility index (Phi) is 9.67. The van der Waals surface area contributed by atoms with Crippen LogP contribution in [0.1, 0.15) is 51.9 Å². The van der Waals surface area contributed by atoms with E-state index in [1.54, 1.807) is 6.26 Å². The molecule has 124 valence electrons. The summed E-state index contributed by atoms with van der Waals surface area (Å²) in [6, 6.07) is 0. The molecule has 21 heavy (non-hydrogen) atoms. The molecule has 0 aliphatic carbocycles.